The van der Waals surface area contributed by atoms with E-state index in [2.05, 4.69) is 26.1 Å². The van der Waals surface area contributed by atoms with Gasteiger partial charge in [0.25, 0.3) is 11.2 Å². The molecule has 0 saturated carbocycles. The number of aromatic amines is 2. The summed E-state index contributed by atoms with van der Waals surface area (Å²) in [6.07, 6.45) is 0. The van der Waals surface area contributed by atoms with Crippen molar-refractivity contribution in [3.8, 4) is 0 Å². The lowest BCUT2D eigenvalue weighted by molar-refractivity contribution is -0.383. The molecule has 0 bridgehead atoms. The van der Waals surface area contributed by atoms with E-state index < -0.39 is 10.5 Å². The number of nitro groups is 1. The van der Waals surface area contributed by atoms with Crippen molar-refractivity contribution in [3.05, 3.63) is 37.1 Å². The van der Waals surface area contributed by atoms with Crippen LogP contribution in [0.25, 0.3) is 10.9 Å². The van der Waals surface area contributed by atoms with Gasteiger partial charge in [0.05, 0.1) is 10.4 Å². The van der Waals surface area contributed by atoms with E-state index in [1.807, 2.05) is 0 Å². The summed E-state index contributed by atoms with van der Waals surface area (Å²) >= 11 is 3.12. The first-order valence-electron chi connectivity index (χ1n) is 3.64. The zero-order valence-corrected chi connectivity index (χ0v) is 8.29. The van der Waals surface area contributed by atoms with Crippen LogP contribution in [0, 0.1) is 10.1 Å². The number of benzene rings is 1. The first kappa shape index (κ1) is 8.95. The average molecular weight is 258 g/mol. The van der Waals surface area contributed by atoms with Crippen LogP contribution in [0.2, 0.25) is 0 Å². The monoisotopic (exact) mass is 257 g/mol. The highest BCUT2D eigenvalue weighted by Crippen LogP contribution is 2.25. The van der Waals surface area contributed by atoms with Gasteiger partial charge in [-0.2, -0.15) is 0 Å². The summed E-state index contributed by atoms with van der Waals surface area (Å²) in [5.41, 5.74) is -0.285. The fraction of sp³-hybridized carbons (Fsp3) is 0. The maximum atomic E-state index is 11.2. The van der Waals surface area contributed by atoms with E-state index in [-0.39, 0.29) is 11.1 Å². The summed E-state index contributed by atoms with van der Waals surface area (Å²) < 4.78 is 0.548. The number of rotatable bonds is 1. The molecule has 0 spiro atoms. The number of hydrogen-bond acceptors (Lipinski definition) is 3. The van der Waals surface area contributed by atoms with Gasteiger partial charge in [-0.05, 0) is 6.07 Å². The van der Waals surface area contributed by atoms with Gasteiger partial charge in [0, 0.05) is 10.5 Å². The third-order valence-electron chi connectivity index (χ3n) is 1.82. The molecular weight excluding hydrogens is 254 g/mol. The quantitative estimate of drug-likeness (QED) is 0.600. The topological polar surface area (TPSA) is 91.8 Å². The molecule has 1 aromatic heterocycles. The van der Waals surface area contributed by atoms with Crippen molar-refractivity contribution < 1.29 is 4.92 Å². The second kappa shape index (κ2) is 2.95. The number of aromatic nitrogens is 2. The molecule has 72 valence electrons. The average Bonchev–Trinajstić information content (AvgIpc) is 2.46. The van der Waals surface area contributed by atoms with Gasteiger partial charge in [-0.15, -0.1) is 0 Å². The number of H-pyrrole nitrogens is 2. The number of hydrogen-bond donors (Lipinski definition) is 2. The number of nitrogens with one attached hydrogen (secondary N) is 2. The number of halogens is 1. The number of nitrogens with zero attached hydrogens (tertiary/aromatic N) is 1. The molecule has 0 radical (unpaired) electrons. The van der Waals surface area contributed by atoms with Gasteiger partial charge in [0.2, 0.25) is 0 Å². The molecule has 1 heterocycles. The molecule has 2 aromatic rings. The van der Waals surface area contributed by atoms with Gasteiger partial charge in [0.15, 0.2) is 0 Å². The lowest BCUT2D eigenvalue weighted by Gasteiger charge is -1.93. The molecule has 6 nitrogen and oxygen atoms in total. The molecule has 0 unspecified atom stereocenters. The smallest absolute Gasteiger partial charge is 0.285 e. The third-order valence-corrected chi connectivity index (χ3v) is 2.27. The van der Waals surface area contributed by atoms with Crippen LogP contribution < -0.4 is 5.56 Å². The molecule has 0 saturated heterocycles. The van der Waals surface area contributed by atoms with Gasteiger partial charge in [0.1, 0.15) is 5.39 Å². The van der Waals surface area contributed by atoms with E-state index >= 15 is 0 Å². The molecule has 0 aliphatic carbocycles. The predicted octanol–water partition coefficient (Wildman–Crippen LogP) is 1.53. The van der Waals surface area contributed by atoms with Crippen LogP contribution in [0.3, 0.4) is 0 Å². The summed E-state index contributed by atoms with van der Waals surface area (Å²) in [4.78, 5) is 21.3. The first-order valence-corrected chi connectivity index (χ1v) is 4.43. The molecule has 0 atom stereocenters. The SMILES string of the molecule is O=c1[nH][nH]c2cc(Br)cc([N+](=O)[O-])c12. The summed E-state index contributed by atoms with van der Waals surface area (Å²) in [6, 6.07) is 2.89. The molecule has 14 heavy (non-hydrogen) atoms. The minimum atomic E-state index is -0.587. The highest BCUT2D eigenvalue weighted by Gasteiger charge is 2.17. The Bertz CT molecular complexity index is 571. The second-order valence-corrected chi connectivity index (χ2v) is 3.60. The Morgan fingerprint density at radius 3 is 2.71 bits per heavy atom. The van der Waals surface area contributed by atoms with Crippen LogP contribution >= 0.6 is 15.9 Å². The van der Waals surface area contributed by atoms with Crippen LogP contribution in [0.5, 0.6) is 0 Å². The van der Waals surface area contributed by atoms with E-state index in [9.17, 15) is 14.9 Å². The Balaban J connectivity index is 2.98. The molecule has 0 aliphatic heterocycles. The van der Waals surface area contributed by atoms with Gasteiger partial charge in [-0.25, -0.2) is 0 Å². The van der Waals surface area contributed by atoms with Crippen LogP contribution in [0.15, 0.2) is 21.4 Å². The van der Waals surface area contributed by atoms with Crippen molar-refractivity contribution in [2.24, 2.45) is 0 Å². The fourth-order valence-electron chi connectivity index (χ4n) is 1.26. The highest BCUT2D eigenvalue weighted by molar-refractivity contribution is 9.10. The Labute approximate surface area is 85.2 Å². The van der Waals surface area contributed by atoms with Gasteiger partial charge in [-0.1, -0.05) is 15.9 Å². The summed E-state index contributed by atoms with van der Waals surface area (Å²) in [7, 11) is 0. The molecule has 1 aromatic carbocycles. The van der Waals surface area contributed by atoms with Gasteiger partial charge >= 0.3 is 0 Å². The molecule has 2 N–H and O–H groups in total. The van der Waals surface area contributed by atoms with Crippen molar-refractivity contribution in [1.82, 2.24) is 10.2 Å². The minimum Gasteiger partial charge on any atom is -0.297 e. The minimum absolute atomic E-state index is 0.0678. The van der Waals surface area contributed by atoms with Crippen molar-refractivity contribution in [3.63, 3.8) is 0 Å². The molecule has 7 heteroatoms. The van der Waals surface area contributed by atoms with Crippen molar-refractivity contribution >= 4 is 32.5 Å². The lowest BCUT2D eigenvalue weighted by Crippen LogP contribution is -2.01. The lowest BCUT2D eigenvalue weighted by atomic mass is 10.2. The first-order chi connectivity index (χ1) is 6.59. The van der Waals surface area contributed by atoms with Crippen LogP contribution in [0.4, 0.5) is 5.69 Å². The second-order valence-electron chi connectivity index (χ2n) is 2.68. The van der Waals surface area contributed by atoms with E-state index in [1.54, 1.807) is 6.07 Å². The Morgan fingerprint density at radius 1 is 1.36 bits per heavy atom. The number of non-ortho nitro benzene ring substituents is 1. The van der Waals surface area contributed by atoms with Crippen LogP contribution in [-0.2, 0) is 0 Å². The standard InChI is InChI=1S/C7H4BrN3O3/c8-3-1-4-6(7(12)10-9-4)5(2-3)11(13)14/h1-2H,(H2,9,10,12). The molecule has 0 fully saturated rings. The van der Waals surface area contributed by atoms with Gasteiger partial charge < -0.3 is 0 Å². The van der Waals surface area contributed by atoms with Crippen LogP contribution in [0.1, 0.15) is 0 Å². The summed E-state index contributed by atoms with van der Waals surface area (Å²) in [6.45, 7) is 0. The summed E-state index contributed by atoms with van der Waals surface area (Å²) in [5.74, 6) is 0. The molecule has 0 aliphatic rings. The fourth-order valence-corrected chi connectivity index (χ4v) is 1.71. The van der Waals surface area contributed by atoms with Gasteiger partial charge in [-0.3, -0.25) is 25.1 Å². The molecular formula is C7H4BrN3O3. The normalized spacial score (nSPS) is 10.6. The number of fused-ring (bicyclic) bond motifs is 1. The summed E-state index contributed by atoms with van der Waals surface area (Å²) in [5, 5.41) is 15.5. The molecule has 0 amide bonds. The Kier molecular flexibility index (Phi) is 1.88. The highest BCUT2D eigenvalue weighted by atomic mass is 79.9. The van der Waals surface area contributed by atoms with Crippen molar-refractivity contribution in [2.75, 3.05) is 0 Å². The zero-order valence-electron chi connectivity index (χ0n) is 6.70. The number of nitro benzene ring substituents is 1. The maximum absolute atomic E-state index is 11.2. The van der Waals surface area contributed by atoms with Crippen molar-refractivity contribution in [1.29, 1.82) is 0 Å². The Hall–Kier alpha value is -1.63. The van der Waals surface area contributed by atoms with Crippen LogP contribution in [-0.4, -0.2) is 15.1 Å². The third kappa shape index (κ3) is 1.22. The Morgan fingerprint density at radius 2 is 2.07 bits per heavy atom. The van der Waals surface area contributed by atoms with E-state index in [1.165, 1.54) is 6.07 Å². The maximum Gasteiger partial charge on any atom is 0.285 e. The van der Waals surface area contributed by atoms with Crippen molar-refractivity contribution in [2.45, 2.75) is 0 Å². The predicted molar refractivity (Wildman–Crippen MR) is 53.3 cm³/mol. The van der Waals surface area contributed by atoms with E-state index in [0.29, 0.717) is 9.99 Å². The van der Waals surface area contributed by atoms with E-state index in [0.717, 1.165) is 0 Å². The molecule has 2 rings (SSSR count). The zero-order chi connectivity index (χ0) is 10.3. The largest absolute Gasteiger partial charge is 0.297 e. The van der Waals surface area contributed by atoms with E-state index in [4.69, 9.17) is 0 Å².